The van der Waals surface area contributed by atoms with Crippen molar-refractivity contribution < 1.29 is 0 Å². The maximum atomic E-state index is 5.25. The summed E-state index contributed by atoms with van der Waals surface area (Å²) >= 11 is 0. The van der Waals surface area contributed by atoms with Crippen LogP contribution in [-0.4, -0.2) is 24.5 Å². The van der Waals surface area contributed by atoms with Gasteiger partial charge in [-0.15, -0.1) is 0 Å². The highest BCUT2D eigenvalue weighted by molar-refractivity contribution is 6.16. The van der Waals surface area contributed by atoms with E-state index in [-0.39, 0.29) is 0 Å². The molecular weight excluding hydrogens is 815 g/mol. The highest BCUT2D eigenvalue weighted by Gasteiger charge is 2.19. The van der Waals surface area contributed by atoms with Crippen molar-refractivity contribution >= 4 is 21.8 Å². The van der Waals surface area contributed by atoms with Gasteiger partial charge in [0.1, 0.15) is 0 Å². The quantitative estimate of drug-likeness (QED) is 0.145. The Morgan fingerprint density at radius 1 is 0.284 bits per heavy atom. The lowest BCUT2D eigenvalue weighted by Gasteiger charge is -2.13. The predicted molar refractivity (Wildman–Crippen MR) is 275 cm³/mol. The molecule has 0 bridgehead atoms. The molecule has 12 rings (SSSR count). The number of pyridine rings is 1. The normalized spacial score (nSPS) is 11.3. The number of benzene rings is 9. The number of hydrogen-bond donors (Lipinski definition) is 0. The zero-order chi connectivity index (χ0) is 44.5. The Morgan fingerprint density at radius 3 is 1.33 bits per heavy atom. The van der Waals surface area contributed by atoms with E-state index < -0.39 is 0 Å². The van der Waals surface area contributed by atoms with Crippen molar-refractivity contribution in [3.8, 4) is 95.5 Å². The molecule has 67 heavy (non-hydrogen) atoms. The first-order valence-corrected chi connectivity index (χ1v) is 22.5. The van der Waals surface area contributed by atoms with E-state index in [1.165, 1.54) is 33.0 Å². The molecule has 0 radical (unpaired) electrons. The fourth-order valence-corrected chi connectivity index (χ4v) is 9.29. The van der Waals surface area contributed by atoms with Gasteiger partial charge in [-0.05, 0) is 128 Å². The molecule has 0 fully saturated rings. The molecule has 0 atom stereocenters. The summed E-state index contributed by atoms with van der Waals surface area (Å²) in [7, 11) is 0. The van der Waals surface area contributed by atoms with Gasteiger partial charge in [-0.1, -0.05) is 164 Å². The van der Waals surface area contributed by atoms with Gasteiger partial charge < -0.3 is 4.57 Å². The third-order valence-corrected chi connectivity index (χ3v) is 12.5. The van der Waals surface area contributed by atoms with Gasteiger partial charge in [0.15, 0.2) is 17.5 Å². The number of nitrogens with zero attached hydrogens (tertiary/aromatic N) is 5. The molecule has 0 spiro atoms. The average molecular weight is 856 g/mol. The molecule has 9 aromatic carbocycles. The van der Waals surface area contributed by atoms with Gasteiger partial charge in [0.05, 0.1) is 11.0 Å². The lowest BCUT2D eigenvalue weighted by Crippen LogP contribution is -2.00. The van der Waals surface area contributed by atoms with Gasteiger partial charge in [-0.25, -0.2) is 15.0 Å². The van der Waals surface area contributed by atoms with Gasteiger partial charge in [0, 0.05) is 45.5 Å². The largest absolute Gasteiger partial charge is 0.309 e. The number of fused-ring (bicyclic) bond motifs is 3. The van der Waals surface area contributed by atoms with E-state index in [9.17, 15) is 0 Å². The van der Waals surface area contributed by atoms with Gasteiger partial charge in [-0.2, -0.15) is 0 Å². The zero-order valence-electron chi connectivity index (χ0n) is 36.4. The Labute approximate surface area is 389 Å². The topological polar surface area (TPSA) is 56.5 Å². The number of para-hydroxylation sites is 1. The first kappa shape index (κ1) is 39.5. The minimum Gasteiger partial charge on any atom is -0.309 e. The van der Waals surface area contributed by atoms with Crippen LogP contribution in [0.15, 0.2) is 249 Å². The zero-order valence-corrected chi connectivity index (χ0v) is 36.4. The van der Waals surface area contributed by atoms with Crippen molar-refractivity contribution in [2.75, 3.05) is 0 Å². The maximum absolute atomic E-state index is 5.25. The van der Waals surface area contributed by atoms with E-state index in [2.05, 4.69) is 234 Å². The van der Waals surface area contributed by atoms with E-state index in [1.807, 2.05) is 18.3 Å². The molecule has 5 nitrogen and oxygen atoms in total. The maximum Gasteiger partial charge on any atom is 0.165 e. The molecule has 3 aromatic heterocycles. The summed E-state index contributed by atoms with van der Waals surface area (Å²) in [6.07, 6.45) is 3.58. The summed E-state index contributed by atoms with van der Waals surface area (Å²) < 4.78 is 2.37. The second kappa shape index (κ2) is 17.1. The van der Waals surface area contributed by atoms with Gasteiger partial charge in [0.25, 0.3) is 0 Å². The van der Waals surface area contributed by atoms with Crippen LogP contribution in [-0.2, 0) is 0 Å². The summed E-state index contributed by atoms with van der Waals surface area (Å²) in [5.41, 5.74) is 17.4. The lowest BCUT2D eigenvalue weighted by molar-refractivity contribution is 1.07. The first-order chi connectivity index (χ1) is 33.2. The van der Waals surface area contributed by atoms with E-state index in [0.29, 0.717) is 17.5 Å². The number of hydrogen-bond acceptors (Lipinski definition) is 4. The third-order valence-electron chi connectivity index (χ3n) is 12.5. The van der Waals surface area contributed by atoms with E-state index in [4.69, 9.17) is 15.0 Å². The van der Waals surface area contributed by atoms with Crippen LogP contribution in [0.5, 0.6) is 0 Å². The summed E-state index contributed by atoms with van der Waals surface area (Å²) in [5, 5.41) is 2.37. The van der Waals surface area contributed by atoms with Crippen molar-refractivity contribution in [3.63, 3.8) is 0 Å². The van der Waals surface area contributed by atoms with Crippen molar-refractivity contribution in [1.29, 1.82) is 0 Å². The molecular formula is C62H41N5. The van der Waals surface area contributed by atoms with Crippen molar-refractivity contribution in [1.82, 2.24) is 24.5 Å². The SMILES string of the molecule is c1ccc(-c2cc(-c3ccccc3)cc(-c3cccc(-c4nc(-c5cccnc5)nc(-c5cccc(-c6cccc7c6c6cc(-c8ccccc8)ccc6n7-c6ccccc6)c5)n4)c3)c2)cc1. The van der Waals surface area contributed by atoms with Crippen LogP contribution >= 0.6 is 0 Å². The second-order valence-corrected chi connectivity index (χ2v) is 16.7. The Bertz CT molecular complexity index is 3660. The van der Waals surface area contributed by atoms with Crippen LogP contribution < -0.4 is 0 Å². The van der Waals surface area contributed by atoms with Gasteiger partial charge in [0.2, 0.25) is 0 Å². The highest BCUT2D eigenvalue weighted by Crippen LogP contribution is 2.41. The average Bonchev–Trinajstić information content (AvgIpc) is 3.76. The Morgan fingerprint density at radius 2 is 0.731 bits per heavy atom. The number of aromatic nitrogens is 5. The van der Waals surface area contributed by atoms with Crippen LogP contribution in [0.1, 0.15) is 0 Å². The highest BCUT2D eigenvalue weighted by atomic mass is 15.0. The van der Waals surface area contributed by atoms with Crippen LogP contribution in [0.25, 0.3) is 117 Å². The predicted octanol–water partition coefficient (Wildman–Crippen LogP) is 15.7. The minimum absolute atomic E-state index is 0.558. The van der Waals surface area contributed by atoms with Crippen LogP contribution in [0.4, 0.5) is 0 Å². The monoisotopic (exact) mass is 855 g/mol. The summed E-state index contributed by atoms with van der Waals surface area (Å²) in [5.74, 6) is 1.72. The van der Waals surface area contributed by atoms with Crippen molar-refractivity contribution in [2.24, 2.45) is 0 Å². The molecule has 0 saturated carbocycles. The molecule has 0 N–H and O–H groups in total. The lowest BCUT2D eigenvalue weighted by atomic mass is 9.93. The fraction of sp³-hybridized carbons (Fsp3) is 0. The van der Waals surface area contributed by atoms with E-state index in [0.717, 1.165) is 66.8 Å². The molecule has 0 amide bonds. The van der Waals surface area contributed by atoms with E-state index >= 15 is 0 Å². The standard InChI is InChI=1S/C62H41N5/c1-5-17-42(18-6-1)46-32-33-57-56(40-46)59-55(30-15-31-58(59)67(57)54-28-11-4-12-29-54)47-24-14-26-49(36-47)61-64-60(65-62(66-61)50-27-16-34-63-41-50)48-25-13-23-45(35-48)53-38-51(43-19-7-2-8-20-43)37-52(39-53)44-21-9-3-10-22-44/h1-41H. The summed E-state index contributed by atoms with van der Waals surface area (Å²) in [6, 6.07) is 83.6. The molecule has 314 valence electrons. The Hall–Kier alpha value is -9.06. The third kappa shape index (κ3) is 7.64. The molecule has 3 heterocycles. The van der Waals surface area contributed by atoms with E-state index in [1.54, 1.807) is 6.20 Å². The smallest absolute Gasteiger partial charge is 0.165 e. The molecule has 0 unspecified atom stereocenters. The molecule has 0 saturated heterocycles. The number of rotatable bonds is 9. The summed E-state index contributed by atoms with van der Waals surface area (Å²) in [4.78, 5) is 20.0. The molecule has 12 aromatic rings. The fourth-order valence-electron chi connectivity index (χ4n) is 9.29. The van der Waals surface area contributed by atoms with Crippen LogP contribution in [0.2, 0.25) is 0 Å². The minimum atomic E-state index is 0.558. The molecule has 0 aliphatic rings. The molecule has 5 heteroatoms. The van der Waals surface area contributed by atoms with Crippen molar-refractivity contribution in [2.45, 2.75) is 0 Å². The van der Waals surface area contributed by atoms with Crippen LogP contribution in [0, 0.1) is 0 Å². The van der Waals surface area contributed by atoms with Gasteiger partial charge in [-0.3, -0.25) is 4.98 Å². The van der Waals surface area contributed by atoms with Gasteiger partial charge >= 0.3 is 0 Å². The molecule has 0 aliphatic carbocycles. The first-order valence-electron chi connectivity index (χ1n) is 22.5. The van der Waals surface area contributed by atoms with Crippen LogP contribution in [0.3, 0.4) is 0 Å². The Kier molecular flexibility index (Phi) is 10.1. The second-order valence-electron chi connectivity index (χ2n) is 16.7. The Balaban J connectivity index is 1.00. The van der Waals surface area contributed by atoms with Crippen molar-refractivity contribution in [3.05, 3.63) is 249 Å². The molecule has 0 aliphatic heterocycles. The summed E-state index contributed by atoms with van der Waals surface area (Å²) in [6.45, 7) is 0.